The highest BCUT2D eigenvalue weighted by molar-refractivity contribution is 6.01. The minimum Gasteiger partial charge on any atom is -0.497 e. The number of ether oxygens (including phenoxy) is 1. The van der Waals surface area contributed by atoms with Crippen molar-refractivity contribution in [1.82, 2.24) is 20.9 Å². The molecular weight excluding hydrogens is 552 g/mol. The van der Waals surface area contributed by atoms with Crippen molar-refractivity contribution in [2.75, 3.05) is 24.7 Å². The molecule has 5 amide bonds. The number of benzene rings is 2. The van der Waals surface area contributed by atoms with Crippen LogP contribution in [0, 0.1) is 5.92 Å². The number of carbonyl (C=O) groups excluding carboxylic acids is 5. The summed E-state index contributed by atoms with van der Waals surface area (Å²) < 4.78 is 5.22. The molecule has 2 aliphatic rings. The minimum atomic E-state index is -1.31. The molecule has 12 nitrogen and oxygen atoms in total. The molecule has 2 fully saturated rings. The summed E-state index contributed by atoms with van der Waals surface area (Å²) >= 11 is 0. The van der Waals surface area contributed by atoms with E-state index in [4.69, 9.17) is 10.5 Å². The predicted octanol–water partition coefficient (Wildman–Crippen LogP) is 1.35. The molecule has 2 heterocycles. The monoisotopic (exact) mass is 592 g/mol. The molecule has 0 bridgehead atoms. The topological polar surface area (TPSA) is 172 Å². The van der Waals surface area contributed by atoms with Crippen molar-refractivity contribution >= 4 is 40.9 Å². The Morgan fingerprint density at radius 2 is 1.67 bits per heavy atom. The van der Waals surface area contributed by atoms with Crippen molar-refractivity contribution in [3.05, 3.63) is 54.1 Å². The molecule has 230 valence electrons. The lowest BCUT2D eigenvalue weighted by molar-refractivity contribution is -0.144. The molecule has 6 N–H and O–H groups in total. The van der Waals surface area contributed by atoms with Crippen LogP contribution in [0.25, 0.3) is 0 Å². The highest BCUT2D eigenvalue weighted by Gasteiger charge is 2.42. The van der Waals surface area contributed by atoms with Gasteiger partial charge in [-0.2, -0.15) is 0 Å². The van der Waals surface area contributed by atoms with E-state index in [1.54, 1.807) is 55.6 Å². The highest BCUT2D eigenvalue weighted by atomic mass is 16.5. The molecule has 2 aromatic rings. The van der Waals surface area contributed by atoms with Crippen molar-refractivity contribution in [2.45, 2.75) is 70.1 Å². The summed E-state index contributed by atoms with van der Waals surface area (Å²) in [5, 5.41) is 11.0. The Bertz CT molecular complexity index is 1350. The lowest BCUT2D eigenvalue weighted by atomic mass is 9.96. The van der Waals surface area contributed by atoms with Gasteiger partial charge in [-0.05, 0) is 48.6 Å². The fourth-order valence-electron chi connectivity index (χ4n) is 5.37. The van der Waals surface area contributed by atoms with Crippen molar-refractivity contribution in [2.24, 2.45) is 5.92 Å². The Balaban J connectivity index is 1.66. The predicted molar refractivity (Wildman–Crippen MR) is 161 cm³/mol. The van der Waals surface area contributed by atoms with Gasteiger partial charge < -0.3 is 36.6 Å². The second-order valence-corrected chi connectivity index (χ2v) is 11.1. The van der Waals surface area contributed by atoms with Crippen molar-refractivity contribution in [3.8, 4) is 5.75 Å². The number of nitrogens with zero attached hydrogens (tertiary/aromatic N) is 1. The van der Waals surface area contributed by atoms with Gasteiger partial charge in [-0.25, -0.2) is 0 Å². The third kappa shape index (κ3) is 7.62. The second-order valence-electron chi connectivity index (χ2n) is 11.1. The molecule has 2 aromatic carbocycles. The van der Waals surface area contributed by atoms with Crippen LogP contribution in [0.2, 0.25) is 0 Å². The lowest BCUT2D eigenvalue weighted by Crippen LogP contribution is -2.62. The standard InChI is InChI=1S/C31H40N6O6/c1-4-18(2)27-31(42)37-15-7-10-25(37)30(41)35-24(17-26(38)33-22-9-6-5-8-21(22)32)28(39)34-23(29(40)36-27)16-19-11-13-20(43-3)14-12-19/h5-6,8-9,11-14,18,23-25,27H,4,7,10,15-17,32H2,1-3H3,(H,33,38)(H,34,39)(H,35,41)(H,36,40)/t18?,23-,24+,25-,27+/m1/s1. The first-order valence-electron chi connectivity index (χ1n) is 14.6. The fourth-order valence-corrected chi connectivity index (χ4v) is 5.37. The first-order valence-corrected chi connectivity index (χ1v) is 14.6. The van der Waals surface area contributed by atoms with Crippen LogP contribution in [0.15, 0.2) is 48.5 Å². The minimum absolute atomic E-state index is 0.0999. The smallest absolute Gasteiger partial charge is 0.246 e. The van der Waals surface area contributed by atoms with E-state index in [0.29, 0.717) is 42.9 Å². The summed E-state index contributed by atoms with van der Waals surface area (Å²) in [6.07, 6.45) is 1.29. The van der Waals surface area contributed by atoms with E-state index in [9.17, 15) is 24.0 Å². The first-order chi connectivity index (χ1) is 20.6. The highest BCUT2D eigenvalue weighted by Crippen LogP contribution is 2.23. The molecule has 12 heteroatoms. The summed E-state index contributed by atoms with van der Waals surface area (Å²) in [5.41, 5.74) is 7.40. The number of carbonyl (C=O) groups is 5. The van der Waals surface area contributed by atoms with Gasteiger partial charge in [0.15, 0.2) is 0 Å². The van der Waals surface area contributed by atoms with Gasteiger partial charge >= 0.3 is 0 Å². The summed E-state index contributed by atoms with van der Waals surface area (Å²) in [4.78, 5) is 69.2. The quantitative estimate of drug-likeness (QED) is 0.288. The van der Waals surface area contributed by atoms with Gasteiger partial charge in [0.2, 0.25) is 29.5 Å². The number of anilines is 2. The average molecular weight is 593 g/mol. The maximum atomic E-state index is 13.8. The SMILES string of the molecule is CCC(C)[C@@H]1NC(=O)[C@@H](Cc2ccc(OC)cc2)NC(=O)[C@H](CC(=O)Nc2ccccc2N)NC(=O)[C@H]2CCCN2C1=O. The van der Waals surface area contributed by atoms with Gasteiger partial charge in [0.05, 0.1) is 24.9 Å². The molecule has 43 heavy (non-hydrogen) atoms. The van der Waals surface area contributed by atoms with Crippen molar-refractivity contribution in [3.63, 3.8) is 0 Å². The number of nitrogen functional groups attached to an aromatic ring is 1. The van der Waals surface area contributed by atoms with E-state index >= 15 is 0 Å². The van der Waals surface area contributed by atoms with Crippen LogP contribution >= 0.6 is 0 Å². The largest absolute Gasteiger partial charge is 0.497 e. The maximum absolute atomic E-state index is 13.8. The van der Waals surface area contributed by atoms with Crippen LogP contribution in [0.1, 0.15) is 45.1 Å². The second kappa shape index (κ2) is 14.0. The van der Waals surface area contributed by atoms with Crippen LogP contribution in [-0.4, -0.2) is 72.3 Å². The van der Waals surface area contributed by atoms with Gasteiger partial charge in [0.1, 0.15) is 29.9 Å². The van der Waals surface area contributed by atoms with Crippen LogP contribution in [0.4, 0.5) is 11.4 Å². The van der Waals surface area contributed by atoms with Crippen molar-refractivity contribution in [1.29, 1.82) is 0 Å². The van der Waals surface area contributed by atoms with E-state index in [1.165, 1.54) is 4.90 Å². The summed E-state index contributed by atoms with van der Waals surface area (Å²) in [6.45, 7) is 4.13. The third-order valence-electron chi connectivity index (χ3n) is 8.10. The number of methoxy groups -OCH3 is 1. The molecule has 0 spiro atoms. The van der Waals surface area contributed by atoms with Gasteiger partial charge in [0.25, 0.3) is 0 Å². The molecule has 4 rings (SSSR count). The molecule has 0 aliphatic carbocycles. The zero-order chi connectivity index (χ0) is 31.1. The third-order valence-corrected chi connectivity index (χ3v) is 8.10. The average Bonchev–Trinajstić information content (AvgIpc) is 3.50. The summed E-state index contributed by atoms with van der Waals surface area (Å²) in [7, 11) is 1.54. The first kappa shape index (κ1) is 31.3. The van der Waals surface area contributed by atoms with E-state index in [0.717, 1.165) is 5.56 Å². The zero-order valence-corrected chi connectivity index (χ0v) is 24.7. The van der Waals surface area contributed by atoms with Crippen LogP contribution in [-0.2, 0) is 30.4 Å². The molecule has 5 atom stereocenters. The van der Waals surface area contributed by atoms with Crippen molar-refractivity contribution < 1.29 is 28.7 Å². The van der Waals surface area contributed by atoms with Crippen LogP contribution in [0.3, 0.4) is 0 Å². The van der Waals surface area contributed by atoms with E-state index in [1.807, 2.05) is 13.8 Å². The van der Waals surface area contributed by atoms with Crippen LogP contribution < -0.4 is 31.7 Å². The number of fused-ring (bicyclic) bond motifs is 1. The zero-order valence-electron chi connectivity index (χ0n) is 24.7. The maximum Gasteiger partial charge on any atom is 0.246 e. The number of hydrogen-bond acceptors (Lipinski definition) is 7. The van der Waals surface area contributed by atoms with Gasteiger partial charge in [-0.1, -0.05) is 44.5 Å². The molecular formula is C31H40N6O6. The lowest BCUT2D eigenvalue weighted by Gasteiger charge is -2.34. The number of para-hydroxylation sites is 2. The van der Waals surface area contributed by atoms with Gasteiger partial charge in [-0.3, -0.25) is 24.0 Å². The number of rotatable bonds is 8. The summed E-state index contributed by atoms with van der Waals surface area (Å²) in [5.74, 6) is -2.25. The van der Waals surface area contributed by atoms with Gasteiger partial charge in [-0.15, -0.1) is 0 Å². The van der Waals surface area contributed by atoms with Crippen LogP contribution in [0.5, 0.6) is 5.75 Å². The number of nitrogens with one attached hydrogen (secondary N) is 4. The molecule has 0 saturated carbocycles. The van der Waals surface area contributed by atoms with E-state index < -0.39 is 54.2 Å². The number of hydrogen-bond donors (Lipinski definition) is 5. The number of nitrogens with two attached hydrogens (primary N) is 1. The van der Waals surface area contributed by atoms with E-state index in [2.05, 4.69) is 21.3 Å². The summed E-state index contributed by atoms with van der Waals surface area (Å²) in [6, 6.07) is 9.60. The van der Waals surface area contributed by atoms with E-state index in [-0.39, 0.29) is 18.2 Å². The molecule has 0 aromatic heterocycles. The Morgan fingerprint density at radius 1 is 1.00 bits per heavy atom. The Morgan fingerprint density at radius 3 is 2.35 bits per heavy atom. The number of amides is 5. The van der Waals surface area contributed by atoms with Gasteiger partial charge in [0, 0.05) is 13.0 Å². The Labute approximate surface area is 251 Å². The Hall–Kier alpha value is -4.61. The molecule has 0 radical (unpaired) electrons. The molecule has 1 unspecified atom stereocenters. The molecule has 2 aliphatic heterocycles. The normalized spacial score (nSPS) is 23.6. The fraction of sp³-hybridized carbons (Fsp3) is 0.452. The Kier molecular flexibility index (Phi) is 10.2. The molecule has 2 saturated heterocycles.